The van der Waals surface area contributed by atoms with Crippen LogP contribution in [-0.2, 0) is 6.42 Å². The van der Waals surface area contributed by atoms with Crippen LogP contribution in [0, 0.1) is 25.2 Å². The molecule has 0 unspecified atom stereocenters. The minimum Gasteiger partial charge on any atom is -0.238 e. The van der Waals surface area contributed by atoms with Gasteiger partial charge < -0.3 is 0 Å². The maximum absolute atomic E-state index is 4.55. The van der Waals surface area contributed by atoms with Gasteiger partial charge in [-0.15, -0.1) is 0 Å². The fourth-order valence-electron chi connectivity index (χ4n) is 3.26. The van der Waals surface area contributed by atoms with Crippen molar-refractivity contribution in [1.82, 2.24) is 9.97 Å². The Morgan fingerprint density at radius 1 is 1.21 bits per heavy atom. The molecule has 2 aliphatic rings. The monoisotopic (exact) mass is 188 g/mol. The van der Waals surface area contributed by atoms with Crippen LogP contribution in [0.5, 0.6) is 0 Å². The van der Waals surface area contributed by atoms with Crippen LogP contribution in [0.4, 0.5) is 0 Å². The van der Waals surface area contributed by atoms with Crippen LogP contribution >= 0.6 is 0 Å². The number of nitrogens with zero attached hydrogens (tertiary/aromatic N) is 2. The van der Waals surface area contributed by atoms with Crippen LogP contribution in [0.2, 0.25) is 0 Å². The topological polar surface area (TPSA) is 25.8 Å². The number of aromatic nitrogens is 2. The first kappa shape index (κ1) is 8.39. The van der Waals surface area contributed by atoms with Crippen molar-refractivity contribution in [3.05, 3.63) is 22.8 Å². The molecule has 0 bridgehead atoms. The van der Waals surface area contributed by atoms with E-state index < -0.39 is 0 Å². The molecule has 1 fully saturated rings. The molecule has 1 aromatic heterocycles. The second kappa shape index (κ2) is 2.18. The molecule has 0 radical (unpaired) electrons. The molecule has 1 heterocycles. The van der Waals surface area contributed by atoms with E-state index in [1.54, 1.807) is 0 Å². The lowest BCUT2D eigenvalue weighted by Crippen LogP contribution is -2.07. The van der Waals surface area contributed by atoms with Gasteiger partial charge >= 0.3 is 0 Å². The first-order valence-corrected chi connectivity index (χ1v) is 5.36. The Hall–Kier alpha value is -0.920. The van der Waals surface area contributed by atoms with Gasteiger partial charge in [0.25, 0.3) is 0 Å². The molecule has 14 heavy (non-hydrogen) atoms. The van der Waals surface area contributed by atoms with Crippen LogP contribution in [-0.4, -0.2) is 9.97 Å². The van der Waals surface area contributed by atoms with E-state index in [9.17, 15) is 0 Å². The average molecular weight is 188 g/mol. The van der Waals surface area contributed by atoms with Crippen molar-refractivity contribution < 1.29 is 0 Å². The highest BCUT2D eigenvalue weighted by atomic mass is 14.9. The zero-order valence-corrected chi connectivity index (χ0v) is 9.26. The van der Waals surface area contributed by atoms with Crippen LogP contribution in [0.1, 0.15) is 42.5 Å². The Morgan fingerprint density at radius 3 is 2.64 bits per heavy atom. The summed E-state index contributed by atoms with van der Waals surface area (Å²) in [4.78, 5) is 9.03. The third-order valence-corrected chi connectivity index (χ3v) is 4.10. The highest BCUT2D eigenvalue weighted by Gasteiger charge is 2.63. The molecule has 2 nitrogen and oxygen atoms in total. The molecule has 0 aliphatic heterocycles. The Balaban J connectivity index is 2.16. The highest BCUT2D eigenvalue weighted by molar-refractivity contribution is 5.44. The maximum atomic E-state index is 4.55. The Morgan fingerprint density at radius 2 is 1.93 bits per heavy atom. The minimum atomic E-state index is 0.510. The molecule has 0 aromatic carbocycles. The standard InChI is InChI=1S/C12H16N2/c1-6-10-9(14-7(2)13-6)5-8-11(10)12(8,3)4/h8,11H,5H2,1-4H3/t8-,11+/m1/s1. The Labute approximate surface area is 84.8 Å². The fourth-order valence-corrected chi connectivity index (χ4v) is 3.26. The van der Waals surface area contributed by atoms with E-state index in [0.717, 1.165) is 17.7 Å². The van der Waals surface area contributed by atoms with Gasteiger partial charge in [-0.1, -0.05) is 13.8 Å². The van der Waals surface area contributed by atoms with Gasteiger partial charge in [-0.05, 0) is 43.1 Å². The molecule has 1 aromatic rings. The van der Waals surface area contributed by atoms with Gasteiger partial charge in [0, 0.05) is 11.4 Å². The largest absolute Gasteiger partial charge is 0.238 e. The molecule has 2 heteroatoms. The number of aryl methyl sites for hydroxylation is 2. The SMILES string of the molecule is Cc1nc(C)c2c(n1)C[C@@H]1[C@@H]2C1(C)C. The summed E-state index contributed by atoms with van der Waals surface area (Å²) in [6.45, 7) is 8.85. The maximum Gasteiger partial charge on any atom is 0.125 e. The molecular formula is C12H16N2. The number of rotatable bonds is 0. The van der Waals surface area contributed by atoms with E-state index in [4.69, 9.17) is 0 Å². The molecule has 0 spiro atoms. The number of hydrogen-bond acceptors (Lipinski definition) is 2. The first-order valence-electron chi connectivity index (χ1n) is 5.36. The summed E-state index contributed by atoms with van der Waals surface area (Å²) in [5.74, 6) is 2.52. The van der Waals surface area contributed by atoms with E-state index in [-0.39, 0.29) is 0 Å². The van der Waals surface area contributed by atoms with Crippen molar-refractivity contribution in [2.45, 2.75) is 40.0 Å². The van der Waals surface area contributed by atoms with Crippen molar-refractivity contribution in [3.8, 4) is 0 Å². The van der Waals surface area contributed by atoms with Gasteiger partial charge in [0.1, 0.15) is 5.82 Å². The Bertz CT molecular complexity index is 421. The lowest BCUT2D eigenvalue weighted by molar-refractivity contribution is 0.533. The second-order valence-corrected chi connectivity index (χ2v) is 5.33. The van der Waals surface area contributed by atoms with E-state index in [0.29, 0.717) is 5.41 Å². The van der Waals surface area contributed by atoms with Crippen molar-refractivity contribution in [2.75, 3.05) is 0 Å². The molecule has 0 saturated heterocycles. The van der Waals surface area contributed by atoms with Gasteiger partial charge in [-0.2, -0.15) is 0 Å². The normalized spacial score (nSPS) is 31.1. The van der Waals surface area contributed by atoms with E-state index in [1.807, 2.05) is 6.92 Å². The summed E-state index contributed by atoms with van der Waals surface area (Å²) in [6.07, 6.45) is 1.18. The van der Waals surface area contributed by atoms with Crippen LogP contribution < -0.4 is 0 Å². The van der Waals surface area contributed by atoms with Gasteiger partial charge in [-0.25, -0.2) is 9.97 Å². The molecule has 0 amide bonds. The molecule has 0 N–H and O–H groups in total. The van der Waals surface area contributed by atoms with Crippen molar-refractivity contribution in [2.24, 2.45) is 11.3 Å². The summed E-state index contributed by atoms with van der Waals surface area (Å²) in [6, 6.07) is 0. The average Bonchev–Trinajstić information content (AvgIpc) is 2.48. The summed E-state index contributed by atoms with van der Waals surface area (Å²) in [5.41, 5.74) is 4.51. The van der Waals surface area contributed by atoms with Crippen molar-refractivity contribution >= 4 is 0 Å². The Kier molecular flexibility index (Phi) is 1.31. The third-order valence-electron chi connectivity index (χ3n) is 4.10. The van der Waals surface area contributed by atoms with E-state index >= 15 is 0 Å². The zero-order chi connectivity index (χ0) is 10.1. The number of hydrogen-bond donors (Lipinski definition) is 0. The highest BCUT2D eigenvalue weighted by Crippen LogP contribution is 2.70. The fraction of sp³-hybridized carbons (Fsp3) is 0.667. The lowest BCUT2D eigenvalue weighted by atomic mass is 9.97. The molecule has 74 valence electrons. The predicted molar refractivity (Wildman–Crippen MR) is 55.2 cm³/mol. The zero-order valence-electron chi connectivity index (χ0n) is 9.26. The summed E-state index contributed by atoms with van der Waals surface area (Å²) >= 11 is 0. The molecular weight excluding hydrogens is 172 g/mol. The minimum absolute atomic E-state index is 0.510. The lowest BCUT2D eigenvalue weighted by Gasteiger charge is -2.12. The van der Waals surface area contributed by atoms with Crippen molar-refractivity contribution in [1.29, 1.82) is 0 Å². The molecule has 2 aliphatic carbocycles. The third kappa shape index (κ3) is 0.819. The summed E-state index contributed by atoms with van der Waals surface area (Å²) in [7, 11) is 0. The predicted octanol–water partition coefficient (Wildman–Crippen LogP) is 2.39. The second-order valence-electron chi connectivity index (χ2n) is 5.33. The van der Waals surface area contributed by atoms with Gasteiger partial charge in [0.2, 0.25) is 0 Å². The van der Waals surface area contributed by atoms with Crippen molar-refractivity contribution in [3.63, 3.8) is 0 Å². The smallest absolute Gasteiger partial charge is 0.125 e. The van der Waals surface area contributed by atoms with Gasteiger partial charge in [-0.3, -0.25) is 0 Å². The van der Waals surface area contributed by atoms with E-state index in [2.05, 4.69) is 30.7 Å². The number of fused-ring (bicyclic) bond motifs is 3. The summed E-state index contributed by atoms with van der Waals surface area (Å²) < 4.78 is 0. The summed E-state index contributed by atoms with van der Waals surface area (Å²) in [5, 5.41) is 0. The van der Waals surface area contributed by atoms with Crippen LogP contribution in [0.3, 0.4) is 0 Å². The first-order chi connectivity index (χ1) is 6.51. The van der Waals surface area contributed by atoms with E-state index in [1.165, 1.54) is 23.4 Å². The van der Waals surface area contributed by atoms with Gasteiger partial charge in [0.05, 0.1) is 0 Å². The van der Waals surface area contributed by atoms with Gasteiger partial charge in [0.15, 0.2) is 0 Å². The molecule has 3 rings (SSSR count). The van der Waals surface area contributed by atoms with Crippen LogP contribution in [0.25, 0.3) is 0 Å². The molecule has 2 atom stereocenters. The quantitative estimate of drug-likeness (QED) is 0.624. The molecule has 1 saturated carbocycles. The van der Waals surface area contributed by atoms with Crippen LogP contribution in [0.15, 0.2) is 0 Å².